The standard InChI is InChI=1S/C24H25ClN6O2/c1-33-13-22-24(32)31(11-15-2-4-19-21(8-15)27-14-28-23(19)26)7-6-30(22)12-18-10-16-9-17(25)3-5-20(16)29-18/h2-5,8-10,14,22,29H,6-7,11-13H2,1H3,(H2,26,27,28)/t22-/m0/s1. The Balaban J connectivity index is 1.33. The van der Waals surface area contributed by atoms with Crippen LogP contribution in [0.3, 0.4) is 0 Å². The number of aromatic nitrogens is 3. The number of ether oxygens (including phenoxy) is 1. The van der Waals surface area contributed by atoms with Crippen LogP contribution in [0, 0.1) is 0 Å². The number of H-pyrrole nitrogens is 1. The van der Waals surface area contributed by atoms with Crippen molar-refractivity contribution in [2.45, 2.75) is 19.1 Å². The number of benzene rings is 2. The van der Waals surface area contributed by atoms with Crippen molar-refractivity contribution >= 4 is 45.1 Å². The van der Waals surface area contributed by atoms with Crippen molar-refractivity contribution < 1.29 is 9.53 Å². The van der Waals surface area contributed by atoms with Gasteiger partial charge in [0.2, 0.25) is 5.91 Å². The van der Waals surface area contributed by atoms with Crippen LogP contribution < -0.4 is 5.73 Å². The summed E-state index contributed by atoms with van der Waals surface area (Å²) in [5.41, 5.74) is 9.79. The van der Waals surface area contributed by atoms with Crippen molar-refractivity contribution in [3.8, 4) is 0 Å². The summed E-state index contributed by atoms with van der Waals surface area (Å²) in [4.78, 5) is 29.2. The zero-order valence-corrected chi connectivity index (χ0v) is 19.0. The first-order valence-corrected chi connectivity index (χ1v) is 11.2. The number of methoxy groups -OCH3 is 1. The summed E-state index contributed by atoms with van der Waals surface area (Å²) in [5.74, 6) is 0.514. The number of carbonyl (C=O) groups is 1. The van der Waals surface area contributed by atoms with Crippen LogP contribution in [0.4, 0.5) is 5.82 Å². The van der Waals surface area contributed by atoms with Gasteiger partial charge < -0.3 is 20.4 Å². The minimum Gasteiger partial charge on any atom is -0.383 e. The van der Waals surface area contributed by atoms with Crippen molar-refractivity contribution in [1.29, 1.82) is 0 Å². The number of piperazine rings is 1. The Morgan fingerprint density at radius 2 is 2.03 bits per heavy atom. The molecule has 0 aliphatic carbocycles. The third kappa shape index (κ3) is 4.37. The van der Waals surface area contributed by atoms with E-state index < -0.39 is 0 Å². The van der Waals surface area contributed by atoms with Gasteiger partial charge in [-0.2, -0.15) is 0 Å². The van der Waals surface area contributed by atoms with Gasteiger partial charge >= 0.3 is 0 Å². The van der Waals surface area contributed by atoms with Crippen LogP contribution in [-0.2, 0) is 22.6 Å². The second-order valence-electron chi connectivity index (χ2n) is 8.34. The zero-order valence-electron chi connectivity index (χ0n) is 18.3. The molecule has 9 heteroatoms. The van der Waals surface area contributed by atoms with Gasteiger partial charge in [0, 0.05) is 60.3 Å². The number of nitrogens with two attached hydrogens (primary N) is 1. The van der Waals surface area contributed by atoms with Crippen molar-refractivity contribution in [1.82, 2.24) is 24.8 Å². The van der Waals surface area contributed by atoms with E-state index >= 15 is 0 Å². The number of nitrogens with zero attached hydrogens (tertiary/aromatic N) is 4. The fourth-order valence-corrected chi connectivity index (χ4v) is 4.65. The molecule has 0 bridgehead atoms. The monoisotopic (exact) mass is 464 g/mol. The quantitative estimate of drug-likeness (QED) is 0.454. The molecule has 2 aromatic carbocycles. The Labute approximate surface area is 196 Å². The van der Waals surface area contributed by atoms with Crippen LogP contribution in [-0.4, -0.2) is 63.5 Å². The number of halogens is 1. The topological polar surface area (TPSA) is 100 Å². The fraction of sp³-hybridized carbons (Fsp3) is 0.292. The summed E-state index contributed by atoms with van der Waals surface area (Å²) in [7, 11) is 1.63. The average Bonchev–Trinajstić information content (AvgIpc) is 3.19. The summed E-state index contributed by atoms with van der Waals surface area (Å²) < 4.78 is 5.42. The molecule has 33 heavy (non-hydrogen) atoms. The Morgan fingerprint density at radius 1 is 1.15 bits per heavy atom. The van der Waals surface area contributed by atoms with E-state index in [1.807, 2.05) is 41.3 Å². The third-order valence-corrected chi connectivity index (χ3v) is 6.37. The zero-order chi connectivity index (χ0) is 22.9. The molecule has 1 fully saturated rings. The highest BCUT2D eigenvalue weighted by atomic mass is 35.5. The van der Waals surface area contributed by atoms with Crippen LogP contribution in [0.1, 0.15) is 11.3 Å². The van der Waals surface area contributed by atoms with Gasteiger partial charge in [-0.15, -0.1) is 0 Å². The van der Waals surface area contributed by atoms with E-state index in [0.717, 1.165) is 39.6 Å². The Hall–Kier alpha value is -3.20. The maximum atomic E-state index is 13.4. The highest BCUT2D eigenvalue weighted by Crippen LogP contribution is 2.24. The molecule has 0 unspecified atom stereocenters. The smallest absolute Gasteiger partial charge is 0.242 e. The van der Waals surface area contributed by atoms with Crippen LogP contribution in [0.15, 0.2) is 48.8 Å². The van der Waals surface area contributed by atoms with E-state index in [-0.39, 0.29) is 11.9 Å². The van der Waals surface area contributed by atoms with E-state index in [0.29, 0.717) is 37.1 Å². The van der Waals surface area contributed by atoms with Gasteiger partial charge in [-0.05, 0) is 42.0 Å². The van der Waals surface area contributed by atoms with Gasteiger partial charge in [0.05, 0.1) is 12.1 Å². The first-order valence-electron chi connectivity index (χ1n) is 10.8. The first-order chi connectivity index (χ1) is 16.0. The summed E-state index contributed by atoms with van der Waals surface area (Å²) in [6.45, 7) is 2.86. The lowest BCUT2D eigenvalue weighted by atomic mass is 10.1. The highest BCUT2D eigenvalue weighted by Gasteiger charge is 2.35. The fourth-order valence-electron chi connectivity index (χ4n) is 4.47. The minimum atomic E-state index is -0.350. The predicted octanol–water partition coefficient (Wildman–Crippen LogP) is 3.21. The minimum absolute atomic E-state index is 0.0598. The van der Waals surface area contributed by atoms with Gasteiger partial charge in [0.15, 0.2) is 0 Å². The van der Waals surface area contributed by atoms with Crippen molar-refractivity contribution in [3.05, 3.63) is 65.1 Å². The number of amides is 1. The lowest BCUT2D eigenvalue weighted by Gasteiger charge is -2.40. The molecule has 1 amide bonds. The molecule has 1 atom stereocenters. The summed E-state index contributed by atoms with van der Waals surface area (Å²) >= 11 is 6.12. The van der Waals surface area contributed by atoms with E-state index in [1.54, 1.807) is 7.11 Å². The molecule has 170 valence electrons. The number of aromatic amines is 1. The lowest BCUT2D eigenvalue weighted by molar-refractivity contribution is -0.145. The second-order valence-corrected chi connectivity index (χ2v) is 8.77. The molecule has 1 saturated heterocycles. The van der Waals surface area contributed by atoms with Gasteiger partial charge in [-0.25, -0.2) is 9.97 Å². The molecular weight excluding hydrogens is 440 g/mol. The number of nitrogens with one attached hydrogen (secondary N) is 1. The molecule has 2 aromatic heterocycles. The lowest BCUT2D eigenvalue weighted by Crippen LogP contribution is -2.57. The van der Waals surface area contributed by atoms with Gasteiger partial charge in [0.1, 0.15) is 18.2 Å². The van der Waals surface area contributed by atoms with Crippen LogP contribution in [0.25, 0.3) is 21.8 Å². The van der Waals surface area contributed by atoms with Crippen molar-refractivity contribution in [3.63, 3.8) is 0 Å². The molecule has 8 nitrogen and oxygen atoms in total. The molecule has 0 spiro atoms. The number of nitrogen functional groups attached to an aromatic ring is 1. The average molecular weight is 465 g/mol. The number of hydrogen-bond acceptors (Lipinski definition) is 6. The normalized spacial score (nSPS) is 17.3. The molecule has 3 heterocycles. The van der Waals surface area contributed by atoms with E-state index in [1.165, 1.54) is 6.33 Å². The molecule has 5 rings (SSSR count). The summed E-state index contributed by atoms with van der Waals surface area (Å²) in [5, 5.41) is 2.58. The SMILES string of the molecule is COC[C@H]1C(=O)N(Cc2ccc3c(N)ncnc3c2)CCN1Cc1cc2cc(Cl)ccc2[nH]1. The van der Waals surface area contributed by atoms with Crippen LogP contribution in [0.5, 0.6) is 0 Å². The molecule has 0 radical (unpaired) electrons. The van der Waals surface area contributed by atoms with E-state index in [4.69, 9.17) is 22.1 Å². The Kier molecular flexibility index (Phi) is 5.88. The molecular formula is C24H25ClN6O2. The summed E-state index contributed by atoms with van der Waals surface area (Å²) in [6.07, 6.45) is 1.46. The molecule has 1 aliphatic rings. The van der Waals surface area contributed by atoms with Gasteiger partial charge in [-0.1, -0.05) is 17.7 Å². The third-order valence-electron chi connectivity index (χ3n) is 6.14. The molecule has 3 N–H and O–H groups in total. The summed E-state index contributed by atoms with van der Waals surface area (Å²) in [6, 6.07) is 13.4. The highest BCUT2D eigenvalue weighted by molar-refractivity contribution is 6.31. The second kappa shape index (κ2) is 8.97. The number of anilines is 1. The van der Waals surface area contributed by atoms with Crippen molar-refractivity contribution in [2.24, 2.45) is 0 Å². The Morgan fingerprint density at radius 3 is 2.88 bits per heavy atom. The molecule has 0 saturated carbocycles. The largest absolute Gasteiger partial charge is 0.383 e. The van der Waals surface area contributed by atoms with Crippen LogP contribution >= 0.6 is 11.6 Å². The van der Waals surface area contributed by atoms with Crippen molar-refractivity contribution in [2.75, 3.05) is 32.5 Å². The molecule has 1 aliphatic heterocycles. The number of rotatable bonds is 6. The number of hydrogen-bond donors (Lipinski definition) is 2. The van der Waals surface area contributed by atoms with Gasteiger partial charge in [0.25, 0.3) is 0 Å². The molecule has 4 aromatic rings. The van der Waals surface area contributed by atoms with Gasteiger partial charge in [-0.3, -0.25) is 9.69 Å². The number of carbonyl (C=O) groups excluding carboxylic acids is 1. The maximum absolute atomic E-state index is 13.4. The van der Waals surface area contributed by atoms with Crippen LogP contribution in [0.2, 0.25) is 5.02 Å². The Bertz CT molecular complexity index is 1320. The van der Waals surface area contributed by atoms with E-state index in [9.17, 15) is 4.79 Å². The first kappa shape index (κ1) is 21.6. The predicted molar refractivity (Wildman–Crippen MR) is 129 cm³/mol. The van der Waals surface area contributed by atoms with E-state index in [2.05, 4.69) is 25.9 Å². The number of fused-ring (bicyclic) bond motifs is 2. The maximum Gasteiger partial charge on any atom is 0.242 e.